The predicted octanol–water partition coefficient (Wildman–Crippen LogP) is 1.80. The van der Waals surface area contributed by atoms with Crippen molar-refractivity contribution >= 4 is 73.7 Å². The Morgan fingerprint density at radius 3 is 2.33 bits per heavy atom. The summed E-state index contributed by atoms with van der Waals surface area (Å²) in [4.78, 5) is 24.9. The molecule has 1 saturated carbocycles. The number of aliphatic hydroxyl groups is 1. The molecular formula is C23H24N2NaO6S. The van der Waals surface area contributed by atoms with Gasteiger partial charge in [-0.25, -0.2) is 9.10 Å². The monoisotopic (exact) mass is 479 g/mol. The van der Waals surface area contributed by atoms with E-state index in [9.17, 15) is 28.2 Å². The molecule has 1 radical (unpaired) electrons. The number of Topliss-reactive ketones (excluding diaryl/α,β-unsaturated/α-hetero) is 1. The first kappa shape index (κ1) is 24.2. The molecule has 0 spiro atoms. The Balaban J connectivity index is 0.00000259. The first-order valence-electron chi connectivity index (χ1n) is 10.5. The third kappa shape index (κ3) is 3.20. The first-order chi connectivity index (χ1) is 15.1. The van der Waals surface area contributed by atoms with Crippen molar-refractivity contribution in [2.45, 2.75) is 20.0 Å². The second-order valence-electron chi connectivity index (χ2n) is 8.89. The third-order valence-electron chi connectivity index (χ3n) is 7.38. The van der Waals surface area contributed by atoms with E-state index in [0.717, 1.165) is 10.8 Å². The van der Waals surface area contributed by atoms with Crippen molar-refractivity contribution in [2.24, 2.45) is 23.7 Å². The zero-order chi connectivity index (χ0) is 23.1. The van der Waals surface area contributed by atoms with Crippen molar-refractivity contribution in [1.82, 2.24) is 0 Å². The molecule has 8 nitrogen and oxygen atoms in total. The van der Waals surface area contributed by atoms with Gasteiger partial charge in [0, 0.05) is 53.5 Å². The molecular weight excluding hydrogens is 455 g/mol. The Morgan fingerprint density at radius 1 is 1.15 bits per heavy atom. The van der Waals surface area contributed by atoms with Gasteiger partial charge >= 0.3 is 16.2 Å². The van der Waals surface area contributed by atoms with Crippen LogP contribution in [0, 0.1) is 23.7 Å². The van der Waals surface area contributed by atoms with E-state index in [1.165, 1.54) is 22.6 Å². The summed E-state index contributed by atoms with van der Waals surface area (Å²) in [5.41, 5.74) is 1.45. The van der Waals surface area contributed by atoms with Crippen LogP contribution in [-0.2, 0) is 19.8 Å². The molecule has 33 heavy (non-hydrogen) atoms. The molecule has 0 amide bonds. The van der Waals surface area contributed by atoms with Gasteiger partial charge < -0.3 is 10.2 Å². The number of hydrogen-bond donors (Lipinski definition) is 2. The maximum Gasteiger partial charge on any atom is 0.332 e. The summed E-state index contributed by atoms with van der Waals surface area (Å²) in [5.74, 6) is -3.61. The second-order valence-corrected chi connectivity index (χ2v) is 10.8. The molecule has 0 saturated heterocycles. The zero-order valence-corrected chi connectivity index (χ0v) is 21.7. The average molecular weight is 480 g/mol. The summed E-state index contributed by atoms with van der Waals surface area (Å²) in [6, 6.07) is 10.8. The molecule has 5 atom stereocenters. The number of aliphatic hydroxyl groups excluding tert-OH is 1. The summed E-state index contributed by atoms with van der Waals surface area (Å²) in [5, 5.41) is 21.7. The SMILES string of the molecule is C[C@@H](O)[C@H]1C(=O)C2C(C(=O)O)=C(CN3c4cccc5cccc(c45)N(C)S3(=O)=O)[C@H](C)[C@@H]21.[Na]. The molecule has 2 aromatic rings. The van der Waals surface area contributed by atoms with E-state index in [4.69, 9.17) is 0 Å². The molecule has 1 fully saturated rings. The molecule has 1 heterocycles. The topological polar surface area (TPSA) is 115 Å². The fraction of sp³-hybridized carbons (Fsp3) is 0.391. The Bertz CT molecular complexity index is 1320. The van der Waals surface area contributed by atoms with E-state index >= 15 is 0 Å². The Labute approximate surface area is 214 Å². The number of aliphatic carboxylic acids is 1. The molecule has 2 aliphatic carbocycles. The van der Waals surface area contributed by atoms with Crippen LogP contribution in [0.5, 0.6) is 0 Å². The number of carboxylic acids is 1. The molecule has 5 rings (SSSR count). The first-order valence-corrected chi connectivity index (χ1v) is 11.9. The number of benzene rings is 2. The van der Waals surface area contributed by atoms with Crippen molar-refractivity contribution in [3.63, 3.8) is 0 Å². The number of rotatable bonds is 4. The summed E-state index contributed by atoms with van der Waals surface area (Å²) in [6.45, 7) is 3.20. The van der Waals surface area contributed by atoms with Gasteiger partial charge in [0.1, 0.15) is 5.78 Å². The molecule has 1 unspecified atom stereocenters. The standard InChI is InChI=1S/C23H24N2O6S.Na/c1-11-14(20(23(28)29)21-17(11)18(12(2)26)22(21)27)10-25-16-9-5-7-13-6-4-8-15(19(13)16)24(3)32(25,30)31;/h4-9,11-12,17-18,21,26H,10H2,1-3H3,(H,28,29);/t11-,12+,17+,18+,21?;/m0./s1. The van der Waals surface area contributed by atoms with Crippen LogP contribution in [-0.4, -0.2) is 79.6 Å². The largest absolute Gasteiger partial charge is 0.478 e. The van der Waals surface area contributed by atoms with E-state index in [2.05, 4.69) is 0 Å². The van der Waals surface area contributed by atoms with Gasteiger partial charge in [-0.2, -0.15) is 8.42 Å². The van der Waals surface area contributed by atoms with Crippen molar-refractivity contribution in [3.8, 4) is 0 Å². The number of nitrogens with zero attached hydrogens (tertiary/aromatic N) is 2. The van der Waals surface area contributed by atoms with Gasteiger partial charge in [-0.1, -0.05) is 31.2 Å². The maximum atomic E-state index is 13.5. The van der Waals surface area contributed by atoms with E-state index < -0.39 is 34.1 Å². The number of carbonyl (C=O) groups is 2. The van der Waals surface area contributed by atoms with Gasteiger partial charge in [-0.15, -0.1) is 0 Å². The van der Waals surface area contributed by atoms with E-state index in [1.54, 1.807) is 24.3 Å². The van der Waals surface area contributed by atoms with Crippen LogP contribution < -0.4 is 8.61 Å². The van der Waals surface area contributed by atoms with E-state index in [-0.39, 0.29) is 59.3 Å². The van der Waals surface area contributed by atoms with Gasteiger partial charge in [-0.05, 0) is 41.9 Å². The summed E-state index contributed by atoms with van der Waals surface area (Å²) >= 11 is 0. The number of carboxylic acid groups (broad SMARTS) is 1. The molecule has 169 valence electrons. The van der Waals surface area contributed by atoms with Crippen molar-refractivity contribution < 1.29 is 28.2 Å². The maximum absolute atomic E-state index is 13.5. The van der Waals surface area contributed by atoms with Gasteiger partial charge in [0.05, 0.1) is 29.9 Å². The molecule has 2 N–H and O–H groups in total. The van der Waals surface area contributed by atoms with Gasteiger partial charge in [-0.3, -0.25) is 9.10 Å². The minimum absolute atomic E-state index is 0. The van der Waals surface area contributed by atoms with Crippen LogP contribution in [0.2, 0.25) is 0 Å². The average Bonchev–Trinajstić information content (AvgIpc) is 2.97. The molecule has 1 aliphatic heterocycles. The zero-order valence-electron chi connectivity index (χ0n) is 18.9. The molecule has 0 bridgehead atoms. The molecule has 0 aromatic heterocycles. The van der Waals surface area contributed by atoms with Crippen molar-refractivity contribution in [1.29, 1.82) is 0 Å². The number of ketones is 1. The van der Waals surface area contributed by atoms with Gasteiger partial charge in [0.15, 0.2) is 0 Å². The summed E-state index contributed by atoms with van der Waals surface area (Å²) in [7, 11) is -2.49. The van der Waals surface area contributed by atoms with Crippen LogP contribution in [0.15, 0.2) is 47.5 Å². The molecule has 10 heteroatoms. The fourth-order valence-electron chi connectivity index (χ4n) is 5.84. The quantitative estimate of drug-likeness (QED) is 0.647. The van der Waals surface area contributed by atoms with E-state index in [0.29, 0.717) is 16.9 Å². The van der Waals surface area contributed by atoms with Crippen LogP contribution in [0.25, 0.3) is 10.8 Å². The second kappa shape index (κ2) is 8.09. The van der Waals surface area contributed by atoms with Gasteiger partial charge in [0.25, 0.3) is 0 Å². The van der Waals surface area contributed by atoms with Crippen LogP contribution >= 0.6 is 0 Å². The number of carbonyl (C=O) groups excluding carboxylic acids is 1. The van der Waals surface area contributed by atoms with Crippen molar-refractivity contribution in [3.05, 3.63) is 47.5 Å². The predicted molar refractivity (Wildman–Crippen MR) is 125 cm³/mol. The number of fused-ring (bicyclic) bond motifs is 1. The smallest absolute Gasteiger partial charge is 0.332 e. The summed E-state index contributed by atoms with van der Waals surface area (Å²) in [6.07, 6.45) is -0.883. The third-order valence-corrected chi connectivity index (χ3v) is 9.15. The Morgan fingerprint density at radius 2 is 1.76 bits per heavy atom. The van der Waals surface area contributed by atoms with Crippen LogP contribution in [0.1, 0.15) is 13.8 Å². The van der Waals surface area contributed by atoms with Crippen LogP contribution in [0.3, 0.4) is 0 Å². The van der Waals surface area contributed by atoms with Crippen LogP contribution in [0.4, 0.5) is 11.4 Å². The Hall–Kier alpha value is -1.91. The normalized spacial score (nSPS) is 28.3. The summed E-state index contributed by atoms with van der Waals surface area (Å²) < 4.78 is 29.4. The Kier molecular flexibility index (Phi) is 5.94. The molecule has 2 aromatic carbocycles. The van der Waals surface area contributed by atoms with E-state index in [1.807, 2.05) is 19.1 Å². The van der Waals surface area contributed by atoms with Gasteiger partial charge in [0.2, 0.25) is 0 Å². The fourth-order valence-corrected chi connectivity index (χ4v) is 7.24. The minimum atomic E-state index is -3.97. The minimum Gasteiger partial charge on any atom is -0.478 e. The van der Waals surface area contributed by atoms with Crippen molar-refractivity contribution in [2.75, 3.05) is 22.2 Å². The number of anilines is 2. The number of hydrogen-bond acceptors (Lipinski definition) is 5. The molecule has 3 aliphatic rings.